The van der Waals surface area contributed by atoms with Crippen molar-refractivity contribution in [3.63, 3.8) is 0 Å². The molecule has 0 amide bonds. The van der Waals surface area contributed by atoms with Gasteiger partial charge in [0.1, 0.15) is 0 Å². The quantitative estimate of drug-likeness (QED) is 0.645. The summed E-state index contributed by atoms with van der Waals surface area (Å²) in [6.07, 6.45) is 1.84. The van der Waals surface area contributed by atoms with E-state index < -0.39 is 0 Å². The first-order valence-corrected chi connectivity index (χ1v) is 9.05. The zero-order chi connectivity index (χ0) is 18.6. The number of esters is 1. The molecule has 0 radical (unpaired) electrons. The summed E-state index contributed by atoms with van der Waals surface area (Å²) in [5.74, 6) is 1.29. The van der Waals surface area contributed by atoms with Gasteiger partial charge in [-0.1, -0.05) is 36.4 Å². The molecule has 0 aliphatic carbocycles. The minimum atomic E-state index is -0.286. The van der Waals surface area contributed by atoms with Gasteiger partial charge in [-0.25, -0.2) is 4.79 Å². The van der Waals surface area contributed by atoms with Crippen molar-refractivity contribution in [1.82, 2.24) is 10.1 Å². The summed E-state index contributed by atoms with van der Waals surface area (Å²) >= 11 is 0. The molecular weight excluding hydrogens is 342 g/mol. The minimum Gasteiger partial charge on any atom is -0.465 e. The lowest BCUT2D eigenvalue weighted by Gasteiger charge is -2.14. The van der Waals surface area contributed by atoms with Crippen LogP contribution in [0.3, 0.4) is 0 Å². The van der Waals surface area contributed by atoms with E-state index >= 15 is 0 Å². The molecule has 2 heterocycles. The standard InChI is InChI=1S/C21H21N3O3/c1-26-20(25)18-10-6-5-9-17(18)13-15-11-12-24(14-15)21-22-19(27-23-21)16-7-3-2-4-8-16/h2-10,15H,11-14H2,1H3. The summed E-state index contributed by atoms with van der Waals surface area (Å²) in [6.45, 7) is 1.71. The molecule has 6 heteroatoms. The number of anilines is 1. The summed E-state index contributed by atoms with van der Waals surface area (Å²) < 4.78 is 10.3. The van der Waals surface area contributed by atoms with Crippen LogP contribution in [-0.4, -0.2) is 36.3 Å². The topological polar surface area (TPSA) is 68.5 Å². The number of ether oxygens (including phenoxy) is 1. The number of methoxy groups -OCH3 is 1. The van der Waals surface area contributed by atoms with Gasteiger partial charge in [0, 0.05) is 18.7 Å². The van der Waals surface area contributed by atoms with Gasteiger partial charge in [-0.2, -0.15) is 4.98 Å². The zero-order valence-electron chi connectivity index (χ0n) is 15.2. The summed E-state index contributed by atoms with van der Waals surface area (Å²) in [6, 6.07) is 17.4. The van der Waals surface area contributed by atoms with Gasteiger partial charge in [-0.05, 0) is 47.7 Å². The number of nitrogens with zero attached hydrogens (tertiary/aromatic N) is 3. The van der Waals surface area contributed by atoms with Crippen LogP contribution in [0.2, 0.25) is 0 Å². The fraction of sp³-hybridized carbons (Fsp3) is 0.286. The Kier molecular flexibility index (Phi) is 4.87. The van der Waals surface area contributed by atoms with Crippen LogP contribution >= 0.6 is 0 Å². The van der Waals surface area contributed by atoms with E-state index in [4.69, 9.17) is 9.26 Å². The maximum absolute atomic E-state index is 12.0. The number of hydrogen-bond donors (Lipinski definition) is 0. The molecule has 1 aliphatic rings. The second-order valence-electron chi connectivity index (χ2n) is 6.72. The van der Waals surface area contributed by atoms with Gasteiger partial charge in [0.2, 0.25) is 0 Å². The number of aromatic nitrogens is 2. The van der Waals surface area contributed by atoms with Crippen LogP contribution in [0.4, 0.5) is 5.95 Å². The van der Waals surface area contributed by atoms with Crippen molar-refractivity contribution in [2.75, 3.05) is 25.1 Å². The Morgan fingerprint density at radius 2 is 1.96 bits per heavy atom. The first kappa shape index (κ1) is 17.3. The predicted octanol–water partition coefficient (Wildman–Crippen LogP) is 3.59. The maximum Gasteiger partial charge on any atom is 0.338 e. The number of carbonyl (C=O) groups excluding carboxylic acids is 1. The third-order valence-electron chi connectivity index (χ3n) is 4.94. The number of benzene rings is 2. The van der Waals surface area contributed by atoms with Gasteiger partial charge in [0.05, 0.1) is 12.7 Å². The van der Waals surface area contributed by atoms with Crippen molar-refractivity contribution < 1.29 is 14.1 Å². The van der Waals surface area contributed by atoms with Gasteiger partial charge in [0.15, 0.2) is 0 Å². The third kappa shape index (κ3) is 3.69. The molecule has 4 rings (SSSR count). The second-order valence-corrected chi connectivity index (χ2v) is 6.72. The lowest BCUT2D eigenvalue weighted by Crippen LogP contribution is -2.21. The van der Waals surface area contributed by atoms with E-state index in [1.165, 1.54) is 7.11 Å². The van der Waals surface area contributed by atoms with Crippen LogP contribution in [-0.2, 0) is 11.2 Å². The van der Waals surface area contributed by atoms with E-state index in [0.717, 1.165) is 37.1 Å². The molecule has 1 aliphatic heterocycles. The molecule has 1 saturated heterocycles. The molecule has 3 aromatic rings. The first-order valence-electron chi connectivity index (χ1n) is 9.05. The monoisotopic (exact) mass is 363 g/mol. The number of carbonyl (C=O) groups is 1. The third-order valence-corrected chi connectivity index (χ3v) is 4.94. The normalized spacial score (nSPS) is 16.5. The summed E-state index contributed by atoms with van der Waals surface area (Å²) in [7, 11) is 1.41. The van der Waals surface area contributed by atoms with Crippen LogP contribution in [0, 0.1) is 5.92 Å². The highest BCUT2D eigenvalue weighted by Crippen LogP contribution is 2.27. The Bertz CT molecular complexity index is 923. The molecule has 0 bridgehead atoms. The van der Waals surface area contributed by atoms with Crippen molar-refractivity contribution in [1.29, 1.82) is 0 Å². The highest BCUT2D eigenvalue weighted by atomic mass is 16.5. The summed E-state index contributed by atoms with van der Waals surface area (Å²) in [4.78, 5) is 18.6. The van der Waals surface area contributed by atoms with Crippen LogP contribution in [0.25, 0.3) is 11.5 Å². The zero-order valence-corrected chi connectivity index (χ0v) is 15.2. The molecule has 6 nitrogen and oxygen atoms in total. The lowest BCUT2D eigenvalue weighted by atomic mass is 9.95. The molecule has 0 saturated carbocycles. The average Bonchev–Trinajstić information content (AvgIpc) is 3.38. The molecular formula is C21H21N3O3. The van der Waals surface area contributed by atoms with Crippen molar-refractivity contribution in [3.05, 3.63) is 65.7 Å². The van der Waals surface area contributed by atoms with E-state index in [1.807, 2.05) is 54.6 Å². The molecule has 0 spiro atoms. The van der Waals surface area contributed by atoms with Crippen LogP contribution in [0.15, 0.2) is 59.1 Å². The first-order chi connectivity index (χ1) is 13.2. The predicted molar refractivity (Wildman–Crippen MR) is 102 cm³/mol. The Labute approximate surface area is 157 Å². The molecule has 1 unspecified atom stereocenters. The highest BCUT2D eigenvalue weighted by molar-refractivity contribution is 5.91. The van der Waals surface area contributed by atoms with Gasteiger partial charge in [0.25, 0.3) is 11.8 Å². The molecule has 138 valence electrons. The molecule has 27 heavy (non-hydrogen) atoms. The molecule has 2 aromatic carbocycles. The Balaban J connectivity index is 1.44. The van der Waals surface area contributed by atoms with E-state index in [-0.39, 0.29) is 5.97 Å². The Hall–Kier alpha value is -3.15. The summed E-state index contributed by atoms with van der Waals surface area (Å²) in [5, 5.41) is 4.14. The lowest BCUT2D eigenvalue weighted by molar-refractivity contribution is 0.0599. The molecule has 0 N–H and O–H groups in total. The van der Waals surface area contributed by atoms with Gasteiger partial charge in [-0.3, -0.25) is 0 Å². The van der Waals surface area contributed by atoms with Crippen LogP contribution in [0.5, 0.6) is 0 Å². The second kappa shape index (κ2) is 7.61. The highest BCUT2D eigenvalue weighted by Gasteiger charge is 2.27. The van der Waals surface area contributed by atoms with Gasteiger partial charge >= 0.3 is 5.97 Å². The fourth-order valence-electron chi connectivity index (χ4n) is 3.54. The van der Waals surface area contributed by atoms with Crippen molar-refractivity contribution in [2.45, 2.75) is 12.8 Å². The molecule has 1 atom stereocenters. The van der Waals surface area contributed by atoms with Crippen molar-refractivity contribution in [3.8, 4) is 11.5 Å². The van der Waals surface area contributed by atoms with Gasteiger partial charge in [-0.15, -0.1) is 0 Å². The van der Waals surface area contributed by atoms with Gasteiger partial charge < -0.3 is 14.2 Å². The van der Waals surface area contributed by atoms with E-state index in [2.05, 4.69) is 15.0 Å². The largest absolute Gasteiger partial charge is 0.465 e. The van der Waals surface area contributed by atoms with Crippen molar-refractivity contribution >= 4 is 11.9 Å². The van der Waals surface area contributed by atoms with E-state index in [0.29, 0.717) is 23.3 Å². The van der Waals surface area contributed by atoms with Crippen molar-refractivity contribution in [2.24, 2.45) is 5.92 Å². The number of rotatable bonds is 5. The van der Waals surface area contributed by atoms with Crippen LogP contribution < -0.4 is 4.90 Å². The van der Waals surface area contributed by atoms with E-state index in [1.54, 1.807) is 0 Å². The molecule has 1 aromatic heterocycles. The Morgan fingerprint density at radius 3 is 2.78 bits per heavy atom. The minimum absolute atomic E-state index is 0.286. The number of hydrogen-bond acceptors (Lipinski definition) is 6. The molecule has 1 fully saturated rings. The van der Waals surface area contributed by atoms with Crippen LogP contribution in [0.1, 0.15) is 22.3 Å². The average molecular weight is 363 g/mol. The smallest absolute Gasteiger partial charge is 0.338 e. The summed E-state index contributed by atoms with van der Waals surface area (Å²) in [5.41, 5.74) is 2.58. The Morgan fingerprint density at radius 1 is 1.19 bits per heavy atom. The maximum atomic E-state index is 12.0. The SMILES string of the molecule is COC(=O)c1ccccc1CC1CCN(c2noc(-c3ccccc3)n2)C1. The van der Waals surface area contributed by atoms with E-state index in [9.17, 15) is 4.79 Å². The fourth-order valence-corrected chi connectivity index (χ4v) is 3.54.